The maximum absolute atomic E-state index is 12.2. The van der Waals surface area contributed by atoms with E-state index >= 15 is 0 Å². The Kier molecular flexibility index (Phi) is 3.24. The number of carbonyl (C=O) groups is 2. The van der Waals surface area contributed by atoms with Crippen LogP contribution in [0, 0.1) is 0 Å². The van der Waals surface area contributed by atoms with Gasteiger partial charge in [0.05, 0.1) is 12.5 Å². The van der Waals surface area contributed by atoms with Crippen LogP contribution in [0.4, 0.5) is 0 Å². The van der Waals surface area contributed by atoms with Gasteiger partial charge in [-0.3, -0.25) is 14.5 Å². The molecule has 1 aromatic rings. The average Bonchev–Trinajstić information content (AvgIpc) is 2.34. The molecule has 0 bridgehead atoms. The van der Waals surface area contributed by atoms with E-state index < -0.39 is 0 Å². The summed E-state index contributed by atoms with van der Waals surface area (Å²) in [5.41, 5.74) is 7.05. The van der Waals surface area contributed by atoms with Gasteiger partial charge in [0.2, 0.25) is 5.91 Å². The first-order chi connectivity index (χ1) is 8.19. The number of nitrogens with two attached hydrogens (primary N) is 1. The van der Waals surface area contributed by atoms with E-state index in [0.717, 1.165) is 5.56 Å². The molecule has 1 aromatic carbocycles. The van der Waals surface area contributed by atoms with Gasteiger partial charge in [-0.1, -0.05) is 25.1 Å². The number of rotatable bonds is 3. The Morgan fingerprint density at radius 1 is 1.35 bits per heavy atom. The quantitative estimate of drug-likeness (QED) is 0.789. The molecule has 0 saturated heterocycles. The molecule has 1 atom stereocenters. The van der Waals surface area contributed by atoms with E-state index in [1.165, 1.54) is 4.90 Å². The molecule has 17 heavy (non-hydrogen) atoms. The molecule has 0 spiro atoms. The van der Waals surface area contributed by atoms with E-state index in [1.807, 2.05) is 25.1 Å². The monoisotopic (exact) mass is 232 g/mol. The fourth-order valence-electron chi connectivity index (χ4n) is 2.20. The lowest BCUT2D eigenvalue weighted by molar-refractivity contribution is -0.130. The zero-order valence-corrected chi connectivity index (χ0v) is 9.85. The summed E-state index contributed by atoms with van der Waals surface area (Å²) in [5.74, 6) is -0.361. The maximum atomic E-state index is 12.2. The highest BCUT2D eigenvalue weighted by Gasteiger charge is 2.34. The van der Waals surface area contributed by atoms with Crippen molar-refractivity contribution in [2.24, 2.45) is 5.73 Å². The van der Waals surface area contributed by atoms with E-state index in [-0.39, 0.29) is 17.9 Å². The molecule has 4 nitrogen and oxygen atoms in total. The minimum Gasteiger partial charge on any atom is -0.328 e. The van der Waals surface area contributed by atoms with Crippen molar-refractivity contribution in [1.29, 1.82) is 0 Å². The molecule has 0 fully saturated rings. The van der Waals surface area contributed by atoms with Crippen LogP contribution in [-0.2, 0) is 11.2 Å². The minimum absolute atomic E-state index is 0.147. The SMILES string of the molecule is CCC(CN)N1C(=O)Cc2ccccc2C1=O. The van der Waals surface area contributed by atoms with E-state index in [9.17, 15) is 9.59 Å². The Morgan fingerprint density at radius 3 is 2.71 bits per heavy atom. The van der Waals surface area contributed by atoms with Crippen molar-refractivity contribution in [3.8, 4) is 0 Å². The Bertz CT molecular complexity index is 452. The molecule has 2 rings (SSSR count). The van der Waals surface area contributed by atoms with Gasteiger partial charge in [0, 0.05) is 12.1 Å². The van der Waals surface area contributed by atoms with Crippen molar-refractivity contribution in [1.82, 2.24) is 4.90 Å². The first-order valence-electron chi connectivity index (χ1n) is 5.83. The van der Waals surface area contributed by atoms with Gasteiger partial charge in [0.25, 0.3) is 5.91 Å². The van der Waals surface area contributed by atoms with Crippen LogP contribution in [0.3, 0.4) is 0 Å². The van der Waals surface area contributed by atoms with Crippen LogP contribution in [0.5, 0.6) is 0 Å². The van der Waals surface area contributed by atoms with Gasteiger partial charge in [-0.2, -0.15) is 0 Å². The normalized spacial score (nSPS) is 16.9. The number of carbonyl (C=O) groups excluding carboxylic acids is 2. The van der Waals surface area contributed by atoms with E-state index in [1.54, 1.807) is 6.07 Å². The number of nitrogens with zero attached hydrogens (tertiary/aromatic N) is 1. The number of hydrogen-bond donors (Lipinski definition) is 1. The smallest absolute Gasteiger partial charge is 0.261 e. The van der Waals surface area contributed by atoms with Gasteiger partial charge < -0.3 is 5.73 Å². The molecule has 90 valence electrons. The Morgan fingerprint density at radius 2 is 2.06 bits per heavy atom. The second-order valence-corrected chi connectivity index (χ2v) is 4.20. The van der Waals surface area contributed by atoms with Crippen molar-refractivity contribution in [3.63, 3.8) is 0 Å². The van der Waals surface area contributed by atoms with Crippen molar-refractivity contribution in [2.45, 2.75) is 25.8 Å². The molecular formula is C13H16N2O2. The van der Waals surface area contributed by atoms with Crippen LogP contribution in [0.25, 0.3) is 0 Å². The van der Waals surface area contributed by atoms with Crippen molar-refractivity contribution < 1.29 is 9.59 Å². The number of imide groups is 1. The second-order valence-electron chi connectivity index (χ2n) is 4.20. The number of fused-ring (bicyclic) bond motifs is 1. The first-order valence-corrected chi connectivity index (χ1v) is 5.83. The molecule has 0 aliphatic carbocycles. The van der Waals surface area contributed by atoms with Gasteiger partial charge in [-0.25, -0.2) is 0 Å². The average molecular weight is 232 g/mol. The standard InChI is InChI=1S/C13H16N2O2/c1-2-10(8-14)15-12(16)7-9-5-3-4-6-11(9)13(15)17/h3-6,10H,2,7-8,14H2,1H3. The third kappa shape index (κ3) is 1.96. The van der Waals surface area contributed by atoms with Crippen LogP contribution in [0.2, 0.25) is 0 Å². The summed E-state index contributed by atoms with van der Waals surface area (Å²) in [4.78, 5) is 25.5. The van der Waals surface area contributed by atoms with E-state index in [2.05, 4.69) is 0 Å². The molecule has 1 aliphatic heterocycles. The highest BCUT2D eigenvalue weighted by atomic mass is 16.2. The molecular weight excluding hydrogens is 216 g/mol. The first kappa shape index (κ1) is 11.8. The molecule has 0 radical (unpaired) electrons. The largest absolute Gasteiger partial charge is 0.328 e. The molecule has 1 unspecified atom stereocenters. The highest BCUT2D eigenvalue weighted by molar-refractivity contribution is 6.09. The van der Waals surface area contributed by atoms with Crippen LogP contribution in [0.15, 0.2) is 24.3 Å². The molecule has 2 amide bonds. The second kappa shape index (κ2) is 4.67. The van der Waals surface area contributed by atoms with Crippen molar-refractivity contribution in [2.75, 3.05) is 6.54 Å². The summed E-state index contributed by atoms with van der Waals surface area (Å²) < 4.78 is 0. The Labute approximate surface area is 100 Å². The van der Waals surface area contributed by atoms with Crippen LogP contribution < -0.4 is 5.73 Å². The van der Waals surface area contributed by atoms with Crippen LogP contribution >= 0.6 is 0 Å². The molecule has 0 saturated carbocycles. The van der Waals surface area contributed by atoms with E-state index in [4.69, 9.17) is 5.73 Å². The van der Waals surface area contributed by atoms with Crippen LogP contribution in [-0.4, -0.2) is 29.3 Å². The summed E-state index contributed by atoms with van der Waals surface area (Å²) in [5, 5.41) is 0. The zero-order chi connectivity index (χ0) is 12.4. The lowest BCUT2D eigenvalue weighted by Gasteiger charge is -2.32. The number of benzene rings is 1. The van der Waals surface area contributed by atoms with Crippen molar-refractivity contribution >= 4 is 11.8 Å². The number of amides is 2. The predicted octanol–water partition coefficient (Wildman–Crippen LogP) is 0.949. The maximum Gasteiger partial charge on any atom is 0.261 e. The minimum atomic E-state index is -0.214. The lowest BCUT2D eigenvalue weighted by atomic mass is 9.96. The molecule has 0 aromatic heterocycles. The Balaban J connectivity index is 2.39. The molecule has 1 heterocycles. The van der Waals surface area contributed by atoms with Gasteiger partial charge >= 0.3 is 0 Å². The summed E-state index contributed by atoms with van der Waals surface area (Å²) >= 11 is 0. The topological polar surface area (TPSA) is 63.4 Å². The Hall–Kier alpha value is -1.68. The molecule has 1 aliphatic rings. The zero-order valence-electron chi connectivity index (χ0n) is 9.85. The van der Waals surface area contributed by atoms with Gasteiger partial charge in [-0.05, 0) is 18.1 Å². The third-order valence-corrected chi connectivity index (χ3v) is 3.19. The third-order valence-electron chi connectivity index (χ3n) is 3.19. The van der Waals surface area contributed by atoms with E-state index in [0.29, 0.717) is 24.9 Å². The summed E-state index contributed by atoms with van der Waals surface area (Å²) in [6, 6.07) is 7.05. The van der Waals surface area contributed by atoms with Gasteiger partial charge in [-0.15, -0.1) is 0 Å². The molecule has 2 N–H and O–H groups in total. The van der Waals surface area contributed by atoms with Crippen LogP contribution in [0.1, 0.15) is 29.3 Å². The highest BCUT2D eigenvalue weighted by Crippen LogP contribution is 2.22. The summed E-state index contributed by atoms with van der Waals surface area (Å²) in [7, 11) is 0. The van der Waals surface area contributed by atoms with Gasteiger partial charge in [0.15, 0.2) is 0 Å². The van der Waals surface area contributed by atoms with Gasteiger partial charge in [0.1, 0.15) is 0 Å². The predicted molar refractivity (Wildman–Crippen MR) is 64.5 cm³/mol. The molecule has 4 heteroatoms. The summed E-state index contributed by atoms with van der Waals surface area (Å²) in [6.07, 6.45) is 0.981. The fourth-order valence-corrected chi connectivity index (χ4v) is 2.20. The van der Waals surface area contributed by atoms with Crippen molar-refractivity contribution in [3.05, 3.63) is 35.4 Å². The fraction of sp³-hybridized carbons (Fsp3) is 0.385. The summed E-state index contributed by atoms with van der Waals surface area (Å²) in [6.45, 7) is 2.24. The number of hydrogen-bond acceptors (Lipinski definition) is 3. The lowest BCUT2D eigenvalue weighted by Crippen LogP contribution is -2.51.